The van der Waals surface area contributed by atoms with Crippen molar-refractivity contribution in [3.05, 3.63) is 59.7 Å². The van der Waals surface area contributed by atoms with Crippen molar-refractivity contribution in [1.82, 2.24) is 4.90 Å². The molecule has 3 heterocycles. The van der Waals surface area contributed by atoms with E-state index in [1.807, 2.05) is 62.4 Å². The fourth-order valence-electron chi connectivity index (χ4n) is 6.67. The molecule has 0 radical (unpaired) electrons. The molecule has 2 aromatic carbocycles. The fraction of sp³-hybridized carbons (Fsp3) is 0.500. The number of para-hydroxylation sites is 2. The van der Waals surface area contributed by atoms with Crippen molar-refractivity contribution in [1.29, 1.82) is 0 Å². The molecule has 3 N–H and O–H groups in total. The van der Waals surface area contributed by atoms with Crippen LogP contribution in [0.25, 0.3) is 0 Å². The van der Waals surface area contributed by atoms with Crippen molar-refractivity contribution < 1.29 is 24.2 Å². The van der Waals surface area contributed by atoms with Gasteiger partial charge in [-0.05, 0) is 56.4 Å². The van der Waals surface area contributed by atoms with Gasteiger partial charge in [0.15, 0.2) is 0 Å². The third kappa shape index (κ3) is 5.00. The third-order valence-electron chi connectivity index (χ3n) is 8.42. The molecule has 3 saturated heterocycles. The van der Waals surface area contributed by atoms with Crippen molar-refractivity contribution >= 4 is 45.0 Å². The lowest BCUT2D eigenvalue weighted by Crippen LogP contribution is -2.54. The molecule has 3 aliphatic rings. The number of nitrogens with one attached hydrogen (secondary N) is 2. The van der Waals surface area contributed by atoms with E-state index in [4.69, 9.17) is 9.84 Å². The molecule has 0 saturated carbocycles. The van der Waals surface area contributed by atoms with Crippen LogP contribution in [-0.4, -0.2) is 63.5 Å². The highest BCUT2D eigenvalue weighted by Gasteiger charge is 2.76. The Balaban J connectivity index is 1.47. The van der Waals surface area contributed by atoms with E-state index in [-0.39, 0.29) is 29.2 Å². The molecule has 208 valence electrons. The summed E-state index contributed by atoms with van der Waals surface area (Å²) in [6.45, 7) is 4.41. The average molecular weight is 599 g/mol. The Kier molecular flexibility index (Phi) is 8.12. The number of alkyl halides is 1. The first-order valence-electron chi connectivity index (χ1n) is 13.7. The molecular weight excluding hydrogens is 562 g/mol. The van der Waals surface area contributed by atoms with Crippen molar-refractivity contribution in [3.8, 4) is 0 Å². The molecule has 3 fully saturated rings. The second-order valence-corrected chi connectivity index (χ2v) is 12.1. The van der Waals surface area contributed by atoms with Crippen LogP contribution in [0, 0.1) is 25.7 Å². The summed E-state index contributed by atoms with van der Waals surface area (Å²) in [5.74, 6) is -2.22. The lowest BCUT2D eigenvalue weighted by atomic mass is 9.70. The van der Waals surface area contributed by atoms with E-state index in [1.165, 1.54) is 0 Å². The number of fused-ring (bicyclic) bond motifs is 1. The van der Waals surface area contributed by atoms with Crippen LogP contribution in [0.2, 0.25) is 0 Å². The van der Waals surface area contributed by atoms with E-state index in [0.717, 1.165) is 29.7 Å². The Labute approximate surface area is 237 Å². The first-order chi connectivity index (χ1) is 18.8. The van der Waals surface area contributed by atoms with E-state index in [1.54, 1.807) is 4.90 Å². The summed E-state index contributed by atoms with van der Waals surface area (Å²) in [6, 6.07) is 14.2. The summed E-state index contributed by atoms with van der Waals surface area (Å²) >= 11 is 3.72. The Hall–Kier alpha value is -2.75. The summed E-state index contributed by atoms with van der Waals surface area (Å²) in [5, 5.41) is 15.2. The maximum absolute atomic E-state index is 14.1. The predicted molar refractivity (Wildman–Crippen MR) is 153 cm³/mol. The SMILES string of the molecule is Cc1cccc(C)c1NC(=O)C1N(CCCCCCO)C(=O)[C@@H]2[C@@H](C(=O)Nc3ccccc3)[C@@H]3OC12CC3Br. The number of unbranched alkanes of at least 4 members (excludes halogenated alkanes) is 3. The van der Waals surface area contributed by atoms with Crippen molar-refractivity contribution in [2.75, 3.05) is 23.8 Å². The van der Waals surface area contributed by atoms with Gasteiger partial charge < -0.3 is 25.4 Å². The number of likely N-dealkylation sites (tertiary alicyclic amines) is 1. The topological polar surface area (TPSA) is 108 Å². The van der Waals surface area contributed by atoms with E-state index >= 15 is 0 Å². The number of carbonyl (C=O) groups is 3. The zero-order valence-electron chi connectivity index (χ0n) is 22.4. The standard InChI is InChI=1S/C30H36BrN3O5/c1-18-11-10-12-19(2)24(18)33-28(37)26-30-17-21(31)25(39-30)22(27(36)32-20-13-6-5-7-14-20)23(30)29(38)34(26)15-8-3-4-9-16-35/h5-7,10-14,21-23,25-26,35H,3-4,8-9,15-17H2,1-2H3,(H,32,36)(H,33,37)/t21?,22-,23+,25-,26?,30?/m1/s1. The minimum absolute atomic E-state index is 0.134. The highest BCUT2D eigenvalue weighted by Crippen LogP contribution is 2.60. The van der Waals surface area contributed by atoms with Crippen LogP contribution < -0.4 is 10.6 Å². The first kappa shape index (κ1) is 27.8. The highest BCUT2D eigenvalue weighted by molar-refractivity contribution is 9.09. The maximum Gasteiger partial charge on any atom is 0.250 e. The van der Waals surface area contributed by atoms with Crippen LogP contribution in [0.1, 0.15) is 43.2 Å². The predicted octanol–water partition coefficient (Wildman–Crippen LogP) is 4.18. The smallest absolute Gasteiger partial charge is 0.250 e. The first-order valence-corrected chi connectivity index (χ1v) is 14.7. The van der Waals surface area contributed by atoms with Crippen LogP contribution in [-0.2, 0) is 19.1 Å². The molecule has 3 unspecified atom stereocenters. The molecular formula is C30H36BrN3O5. The number of amides is 3. The number of benzene rings is 2. The fourth-order valence-corrected chi connectivity index (χ4v) is 7.61. The van der Waals surface area contributed by atoms with Crippen LogP contribution in [0.3, 0.4) is 0 Å². The number of aliphatic hydroxyl groups excluding tert-OH is 1. The highest BCUT2D eigenvalue weighted by atomic mass is 79.9. The summed E-state index contributed by atoms with van der Waals surface area (Å²) in [6.07, 6.45) is 3.03. The van der Waals surface area contributed by atoms with Gasteiger partial charge in [0.05, 0.1) is 17.9 Å². The largest absolute Gasteiger partial charge is 0.396 e. The molecule has 1 spiro atoms. The quantitative estimate of drug-likeness (QED) is 0.281. The Morgan fingerprint density at radius 2 is 1.69 bits per heavy atom. The number of aryl methyl sites for hydroxylation is 2. The van der Waals surface area contributed by atoms with E-state index in [2.05, 4.69) is 26.6 Å². The van der Waals surface area contributed by atoms with Gasteiger partial charge in [-0.2, -0.15) is 0 Å². The van der Waals surface area contributed by atoms with Gasteiger partial charge in [-0.1, -0.05) is 65.2 Å². The van der Waals surface area contributed by atoms with Gasteiger partial charge in [0, 0.05) is 29.4 Å². The minimum atomic E-state index is -1.10. The normalized spacial score (nSPS) is 29.0. The number of rotatable bonds is 10. The van der Waals surface area contributed by atoms with Gasteiger partial charge in [-0.25, -0.2) is 0 Å². The molecule has 2 bridgehead atoms. The van der Waals surface area contributed by atoms with Crippen LogP contribution in [0.15, 0.2) is 48.5 Å². The van der Waals surface area contributed by atoms with Crippen molar-refractivity contribution in [3.63, 3.8) is 0 Å². The molecule has 2 aromatic rings. The van der Waals surface area contributed by atoms with Crippen molar-refractivity contribution in [2.45, 2.75) is 68.5 Å². The summed E-state index contributed by atoms with van der Waals surface area (Å²) in [5.41, 5.74) is 2.17. The number of ether oxygens (including phenoxy) is 1. The number of anilines is 2. The number of nitrogens with zero attached hydrogens (tertiary/aromatic N) is 1. The van der Waals surface area contributed by atoms with Crippen LogP contribution in [0.5, 0.6) is 0 Å². The zero-order chi connectivity index (χ0) is 27.7. The summed E-state index contributed by atoms with van der Waals surface area (Å²) < 4.78 is 6.58. The number of aliphatic hydroxyl groups is 1. The molecule has 39 heavy (non-hydrogen) atoms. The van der Waals surface area contributed by atoms with Gasteiger partial charge in [0.1, 0.15) is 11.6 Å². The number of carbonyl (C=O) groups excluding carboxylic acids is 3. The number of hydrogen-bond donors (Lipinski definition) is 3. The molecule has 0 aromatic heterocycles. The molecule has 5 rings (SSSR count). The van der Waals surface area contributed by atoms with Gasteiger partial charge in [-0.3, -0.25) is 14.4 Å². The molecule has 9 heteroatoms. The lowest BCUT2D eigenvalue weighted by molar-refractivity contribution is -0.139. The molecule has 6 atom stereocenters. The number of halogens is 1. The second kappa shape index (κ2) is 11.4. The molecule has 0 aliphatic carbocycles. The minimum Gasteiger partial charge on any atom is -0.396 e. The number of hydrogen-bond acceptors (Lipinski definition) is 5. The summed E-state index contributed by atoms with van der Waals surface area (Å²) in [7, 11) is 0. The van der Waals surface area contributed by atoms with Gasteiger partial charge in [-0.15, -0.1) is 0 Å². The van der Waals surface area contributed by atoms with Gasteiger partial charge in [0.25, 0.3) is 0 Å². The molecule has 3 amide bonds. The van der Waals surface area contributed by atoms with E-state index in [0.29, 0.717) is 31.5 Å². The monoisotopic (exact) mass is 597 g/mol. The van der Waals surface area contributed by atoms with Crippen molar-refractivity contribution in [2.24, 2.45) is 11.8 Å². The van der Waals surface area contributed by atoms with E-state index < -0.39 is 29.6 Å². The maximum atomic E-state index is 14.1. The Morgan fingerprint density at radius 1 is 1.00 bits per heavy atom. The Morgan fingerprint density at radius 3 is 2.38 bits per heavy atom. The van der Waals surface area contributed by atoms with Gasteiger partial charge in [0.2, 0.25) is 17.7 Å². The average Bonchev–Trinajstić information content (AvgIpc) is 3.50. The van der Waals surface area contributed by atoms with Crippen LogP contribution >= 0.6 is 15.9 Å². The van der Waals surface area contributed by atoms with E-state index in [9.17, 15) is 14.4 Å². The Bertz CT molecular complexity index is 1220. The molecule has 8 nitrogen and oxygen atoms in total. The molecule has 3 aliphatic heterocycles. The lowest BCUT2D eigenvalue weighted by Gasteiger charge is -2.34. The van der Waals surface area contributed by atoms with Gasteiger partial charge >= 0.3 is 0 Å². The van der Waals surface area contributed by atoms with Crippen LogP contribution in [0.4, 0.5) is 11.4 Å². The second-order valence-electron chi connectivity index (χ2n) is 10.9. The zero-order valence-corrected chi connectivity index (χ0v) is 23.9. The summed E-state index contributed by atoms with van der Waals surface area (Å²) in [4.78, 5) is 43.3. The third-order valence-corrected chi connectivity index (χ3v) is 9.26.